The Morgan fingerprint density at radius 1 is 0.875 bits per heavy atom. The van der Waals surface area contributed by atoms with Crippen molar-refractivity contribution in [1.82, 2.24) is 14.7 Å². The molecule has 2 amide bonds. The maximum atomic E-state index is 12.8. The van der Waals surface area contributed by atoms with E-state index in [-0.39, 0.29) is 0 Å². The Balaban J connectivity index is 1.29. The zero-order valence-electron chi connectivity index (χ0n) is 20.3. The van der Waals surface area contributed by atoms with Crippen molar-refractivity contribution < 1.29 is 14.3 Å². The predicted octanol–water partition coefficient (Wildman–Crippen LogP) is 3.69. The van der Waals surface area contributed by atoms with E-state index in [1.54, 1.807) is 0 Å². The van der Waals surface area contributed by atoms with Gasteiger partial charge in [-0.3, -0.25) is 14.5 Å². The first kappa shape index (κ1) is 24.0. The van der Waals surface area contributed by atoms with E-state index in [9.17, 15) is 9.59 Å². The predicted molar refractivity (Wildman–Crippen MR) is 126 cm³/mol. The van der Waals surface area contributed by atoms with Crippen LogP contribution < -0.4 is 0 Å². The normalized spacial score (nSPS) is 25.8. The van der Waals surface area contributed by atoms with Crippen LogP contribution in [0.3, 0.4) is 0 Å². The highest BCUT2D eigenvalue weighted by atomic mass is 16.5. The first-order chi connectivity index (χ1) is 15.6. The van der Waals surface area contributed by atoms with Crippen LogP contribution in [0.4, 0.5) is 0 Å². The van der Waals surface area contributed by atoms with Crippen molar-refractivity contribution in [3.05, 3.63) is 0 Å². The van der Waals surface area contributed by atoms with E-state index in [4.69, 9.17) is 4.74 Å². The number of carbonyl (C=O) groups excluding carboxylic acids is 2. The van der Waals surface area contributed by atoms with E-state index in [1.165, 1.54) is 32.1 Å². The average Bonchev–Trinajstić information content (AvgIpc) is 3.69. The van der Waals surface area contributed by atoms with Gasteiger partial charge < -0.3 is 14.5 Å². The maximum absolute atomic E-state index is 12.8. The maximum Gasteiger partial charge on any atom is 0.225 e. The van der Waals surface area contributed by atoms with Crippen molar-refractivity contribution in [2.45, 2.75) is 95.6 Å². The molecule has 2 saturated heterocycles. The van der Waals surface area contributed by atoms with Gasteiger partial charge in [0.05, 0.1) is 0 Å². The van der Waals surface area contributed by atoms with Crippen molar-refractivity contribution >= 4 is 11.8 Å². The largest absolute Gasteiger partial charge is 0.381 e. The quantitative estimate of drug-likeness (QED) is 0.541. The Hall–Kier alpha value is -1.14. The highest BCUT2D eigenvalue weighted by Gasteiger charge is 2.38. The zero-order valence-corrected chi connectivity index (χ0v) is 20.3. The van der Waals surface area contributed by atoms with Gasteiger partial charge in [0.25, 0.3) is 0 Å². The lowest BCUT2D eigenvalue weighted by Gasteiger charge is -2.44. The lowest BCUT2D eigenvalue weighted by Crippen LogP contribution is -2.55. The summed E-state index contributed by atoms with van der Waals surface area (Å²) in [6, 6.07) is 0.927. The third-order valence-corrected chi connectivity index (χ3v) is 8.37. The van der Waals surface area contributed by atoms with Gasteiger partial charge in [0.15, 0.2) is 0 Å². The van der Waals surface area contributed by atoms with Crippen LogP contribution in [0.5, 0.6) is 0 Å². The van der Waals surface area contributed by atoms with Crippen LogP contribution in [-0.2, 0) is 14.3 Å². The summed E-state index contributed by atoms with van der Waals surface area (Å²) in [4.78, 5) is 32.2. The number of carbonyl (C=O) groups is 2. The minimum absolute atomic E-state index is 0.302. The molecule has 0 N–H and O–H groups in total. The van der Waals surface area contributed by atoms with E-state index in [0.717, 1.165) is 90.3 Å². The molecule has 32 heavy (non-hydrogen) atoms. The molecule has 0 aromatic rings. The van der Waals surface area contributed by atoms with Gasteiger partial charge in [-0.2, -0.15) is 0 Å². The molecule has 0 spiro atoms. The van der Waals surface area contributed by atoms with Crippen molar-refractivity contribution in [2.24, 2.45) is 11.8 Å². The molecule has 0 aromatic heterocycles. The minimum Gasteiger partial charge on any atom is -0.381 e. The summed E-state index contributed by atoms with van der Waals surface area (Å²) < 4.78 is 5.63. The Kier molecular flexibility index (Phi) is 8.87. The van der Waals surface area contributed by atoms with Crippen LogP contribution >= 0.6 is 0 Å². The van der Waals surface area contributed by atoms with Gasteiger partial charge in [-0.25, -0.2) is 0 Å². The number of amides is 2. The van der Waals surface area contributed by atoms with E-state index in [1.807, 2.05) is 11.9 Å². The number of rotatable bonds is 9. The number of nitrogens with zero attached hydrogens (tertiary/aromatic N) is 3. The molecule has 4 rings (SSSR count). The molecule has 1 atom stereocenters. The third kappa shape index (κ3) is 6.69. The van der Waals surface area contributed by atoms with Gasteiger partial charge in [-0.05, 0) is 50.9 Å². The summed E-state index contributed by atoms with van der Waals surface area (Å²) in [5, 5.41) is 0. The molecular formula is C26H45N3O3. The van der Waals surface area contributed by atoms with Gasteiger partial charge in [-0.15, -0.1) is 0 Å². The molecule has 6 nitrogen and oxygen atoms in total. The summed E-state index contributed by atoms with van der Waals surface area (Å²) in [7, 11) is 1.98. The lowest BCUT2D eigenvalue weighted by atomic mass is 9.86. The van der Waals surface area contributed by atoms with Gasteiger partial charge in [-0.1, -0.05) is 32.1 Å². The summed E-state index contributed by atoms with van der Waals surface area (Å²) >= 11 is 0. The van der Waals surface area contributed by atoms with Crippen LogP contribution in [0.15, 0.2) is 0 Å². The molecule has 1 unspecified atom stereocenters. The topological polar surface area (TPSA) is 53.1 Å². The van der Waals surface area contributed by atoms with Crippen molar-refractivity contribution in [3.63, 3.8) is 0 Å². The van der Waals surface area contributed by atoms with Crippen molar-refractivity contribution in [2.75, 3.05) is 46.4 Å². The highest BCUT2D eigenvalue weighted by molar-refractivity contribution is 5.81. The molecule has 0 bridgehead atoms. The molecule has 4 aliphatic rings. The first-order valence-electron chi connectivity index (χ1n) is 13.5. The fourth-order valence-electron chi connectivity index (χ4n) is 6.08. The second-order valence-corrected chi connectivity index (χ2v) is 10.8. The van der Waals surface area contributed by atoms with Gasteiger partial charge >= 0.3 is 0 Å². The molecule has 2 saturated carbocycles. The van der Waals surface area contributed by atoms with Crippen LogP contribution in [0.1, 0.15) is 83.5 Å². The summed E-state index contributed by atoms with van der Waals surface area (Å²) in [5.74, 6) is 1.75. The van der Waals surface area contributed by atoms with E-state index >= 15 is 0 Å². The molecule has 4 fully saturated rings. The lowest BCUT2D eigenvalue weighted by molar-refractivity contribution is -0.135. The van der Waals surface area contributed by atoms with Gasteiger partial charge in [0.2, 0.25) is 11.8 Å². The van der Waals surface area contributed by atoms with Gasteiger partial charge in [0.1, 0.15) is 0 Å². The number of hydrogen-bond acceptors (Lipinski definition) is 4. The minimum atomic E-state index is 0.302. The molecule has 182 valence electrons. The van der Waals surface area contributed by atoms with Gasteiger partial charge in [0, 0.05) is 70.9 Å². The molecular weight excluding hydrogens is 402 g/mol. The first-order valence-corrected chi connectivity index (χ1v) is 13.5. The number of likely N-dealkylation sites (N-methyl/N-ethyl adjacent to an activating group) is 1. The molecule has 0 radical (unpaired) electrons. The highest BCUT2D eigenvalue weighted by Crippen LogP contribution is 2.33. The van der Waals surface area contributed by atoms with Crippen LogP contribution in [0, 0.1) is 11.8 Å². The smallest absolute Gasteiger partial charge is 0.225 e. The standard InChI is InChI=1S/C26H45N3O3/c1-27(25(30)12-9-21-6-3-2-4-7-21)16-17-29(23-13-18-32-19-14-23)24-8-5-15-28(20-24)26(31)22-10-11-22/h21-24H,2-20H2,1H3. The molecule has 0 aromatic carbocycles. The van der Waals surface area contributed by atoms with E-state index < -0.39 is 0 Å². The second-order valence-electron chi connectivity index (χ2n) is 10.8. The van der Waals surface area contributed by atoms with E-state index in [0.29, 0.717) is 36.2 Å². The Morgan fingerprint density at radius 3 is 2.34 bits per heavy atom. The average molecular weight is 448 g/mol. The van der Waals surface area contributed by atoms with Crippen LogP contribution in [0.2, 0.25) is 0 Å². The monoisotopic (exact) mass is 447 g/mol. The number of likely N-dealkylation sites (tertiary alicyclic amines) is 1. The Labute approximate surface area is 195 Å². The fraction of sp³-hybridized carbons (Fsp3) is 0.923. The van der Waals surface area contributed by atoms with E-state index in [2.05, 4.69) is 9.80 Å². The summed E-state index contributed by atoms with van der Waals surface area (Å²) in [5.41, 5.74) is 0. The molecule has 2 aliphatic carbocycles. The fourth-order valence-corrected chi connectivity index (χ4v) is 6.08. The molecule has 2 heterocycles. The Morgan fingerprint density at radius 2 is 1.62 bits per heavy atom. The van der Waals surface area contributed by atoms with Crippen LogP contribution in [0.25, 0.3) is 0 Å². The van der Waals surface area contributed by atoms with Crippen LogP contribution in [-0.4, -0.2) is 85.0 Å². The zero-order chi connectivity index (χ0) is 22.3. The molecule has 6 heteroatoms. The van der Waals surface area contributed by atoms with Crippen molar-refractivity contribution in [1.29, 1.82) is 0 Å². The number of hydrogen-bond donors (Lipinski definition) is 0. The Bertz CT molecular complexity index is 611. The number of piperidine rings is 1. The second kappa shape index (κ2) is 11.8. The SMILES string of the molecule is CN(CCN(C1CCOCC1)C1CCCN(C(=O)C2CC2)C1)C(=O)CCC1CCCCC1. The summed E-state index contributed by atoms with van der Waals surface area (Å²) in [6.07, 6.45) is 15.0. The van der Waals surface area contributed by atoms with Crippen molar-refractivity contribution in [3.8, 4) is 0 Å². The molecule has 2 aliphatic heterocycles. The number of ether oxygens (including phenoxy) is 1. The third-order valence-electron chi connectivity index (χ3n) is 8.37. The summed E-state index contributed by atoms with van der Waals surface area (Å²) in [6.45, 7) is 5.14.